The lowest BCUT2D eigenvalue weighted by molar-refractivity contribution is 0.103. The first kappa shape index (κ1) is 13.7. The van der Waals surface area contributed by atoms with E-state index in [0.29, 0.717) is 0 Å². The Kier molecular flexibility index (Phi) is 2.55. The summed E-state index contributed by atoms with van der Waals surface area (Å²) in [5.41, 5.74) is 9.21. The molecule has 5 rings (SSSR count). The van der Waals surface area contributed by atoms with Crippen LogP contribution in [0.5, 0.6) is 0 Å². The third kappa shape index (κ3) is 1.62. The Labute approximate surface area is 142 Å². The molecular weight excluding hydrogens is 292 g/mol. The summed E-state index contributed by atoms with van der Waals surface area (Å²) in [4.78, 5) is 13.0. The Morgan fingerprint density at radius 3 is 2.25 bits per heavy atom. The van der Waals surface area contributed by atoms with Gasteiger partial charge in [0.2, 0.25) is 0 Å². The van der Waals surface area contributed by atoms with E-state index >= 15 is 0 Å². The Balaban J connectivity index is 1.78. The van der Waals surface area contributed by atoms with Crippen LogP contribution in [0.1, 0.15) is 52.0 Å². The van der Waals surface area contributed by atoms with Crippen LogP contribution in [-0.4, -0.2) is 5.78 Å². The molecule has 1 nitrogen and oxygen atoms in total. The molecular formula is C23H18O. The molecule has 0 fully saturated rings. The smallest absolute Gasteiger partial charge is 0.193 e. The van der Waals surface area contributed by atoms with Crippen LogP contribution in [0.15, 0.2) is 60.7 Å². The fourth-order valence-electron chi connectivity index (χ4n) is 4.40. The van der Waals surface area contributed by atoms with Crippen molar-refractivity contribution >= 4 is 5.78 Å². The van der Waals surface area contributed by atoms with Gasteiger partial charge in [0, 0.05) is 16.5 Å². The molecule has 0 bridgehead atoms. The molecule has 3 aromatic rings. The molecule has 0 heterocycles. The summed E-state index contributed by atoms with van der Waals surface area (Å²) in [5.74, 6) is 0.168. The number of ketones is 1. The second-order valence-corrected chi connectivity index (χ2v) is 7.39. The summed E-state index contributed by atoms with van der Waals surface area (Å²) < 4.78 is 0. The first-order chi connectivity index (χ1) is 11.6. The summed E-state index contributed by atoms with van der Waals surface area (Å²) in [6, 6.07) is 21.0. The van der Waals surface area contributed by atoms with Crippen molar-refractivity contribution in [3.63, 3.8) is 0 Å². The third-order valence-corrected chi connectivity index (χ3v) is 5.69. The number of benzene rings is 3. The van der Waals surface area contributed by atoms with Crippen molar-refractivity contribution in [1.29, 1.82) is 0 Å². The van der Waals surface area contributed by atoms with Crippen LogP contribution in [0.25, 0.3) is 11.1 Å². The van der Waals surface area contributed by atoms with Crippen LogP contribution in [0.2, 0.25) is 0 Å². The summed E-state index contributed by atoms with van der Waals surface area (Å²) in [5, 5.41) is 0. The van der Waals surface area contributed by atoms with Gasteiger partial charge in [-0.15, -0.1) is 0 Å². The van der Waals surface area contributed by atoms with E-state index in [4.69, 9.17) is 0 Å². The first-order valence-electron chi connectivity index (χ1n) is 8.47. The van der Waals surface area contributed by atoms with Gasteiger partial charge in [-0.25, -0.2) is 0 Å². The molecule has 0 N–H and O–H groups in total. The van der Waals surface area contributed by atoms with Crippen LogP contribution in [-0.2, 0) is 11.8 Å². The quantitative estimate of drug-likeness (QED) is 0.440. The Morgan fingerprint density at radius 1 is 0.708 bits per heavy atom. The zero-order chi connectivity index (χ0) is 16.5. The highest BCUT2D eigenvalue weighted by Crippen LogP contribution is 2.50. The van der Waals surface area contributed by atoms with Crippen molar-refractivity contribution in [1.82, 2.24) is 0 Å². The molecule has 116 valence electrons. The minimum atomic E-state index is -0.0573. The molecule has 0 spiro atoms. The van der Waals surface area contributed by atoms with E-state index in [0.717, 1.165) is 28.7 Å². The summed E-state index contributed by atoms with van der Waals surface area (Å²) >= 11 is 0. The molecule has 0 saturated heterocycles. The van der Waals surface area contributed by atoms with Crippen LogP contribution >= 0.6 is 0 Å². The standard InChI is InChI=1S/C23H18O/c1-23(2)20-10-6-5-9-17(20)19-12-15-11-14-7-3-4-8-16(14)22(24)18(15)13-21(19)23/h3-10,12-13H,11H2,1-2H3. The largest absolute Gasteiger partial charge is 0.289 e. The SMILES string of the molecule is CC1(C)c2ccccc2-c2cc3c(cc21)C(=O)c1ccccc1C3. The number of rotatable bonds is 0. The van der Waals surface area contributed by atoms with Gasteiger partial charge in [-0.2, -0.15) is 0 Å². The molecule has 0 aromatic heterocycles. The predicted molar refractivity (Wildman–Crippen MR) is 96.7 cm³/mol. The minimum Gasteiger partial charge on any atom is -0.289 e. The normalized spacial score (nSPS) is 16.2. The molecule has 1 heteroatoms. The molecule has 0 unspecified atom stereocenters. The zero-order valence-corrected chi connectivity index (χ0v) is 13.9. The Hall–Kier alpha value is -2.67. The Morgan fingerprint density at radius 2 is 1.42 bits per heavy atom. The predicted octanol–water partition coefficient (Wildman–Crippen LogP) is 5.13. The average Bonchev–Trinajstić information content (AvgIpc) is 2.82. The summed E-state index contributed by atoms with van der Waals surface area (Å²) in [7, 11) is 0. The first-order valence-corrected chi connectivity index (χ1v) is 8.47. The van der Waals surface area contributed by atoms with Gasteiger partial charge in [-0.05, 0) is 51.9 Å². The van der Waals surface area contributed by atoms with Crippen LogP contribution in [0.3, 0.4) is 0 Å². The number of hydrogen-bond acceptors (Lipinski definition) is 1. The van der Waals surface area contributed by atoms with Gasteiger partial charge < -0.3 is 0 Å². The van der Waals surface area contributed by atoms with Crippen LogP contribution in [0.4, 0.5) is 0 Å². The van der Waals surface area contributed by atoms with Gasteiger partial charge in [-0.3, -0.25) is 4.79 Å². The molecule has 0 radical (unpaired) electrons. The van der Waals surface area contributed by atoms with Crippen LogP contribution in [0, 0.1) is 0 Å². The Bertz CT molecular complexity index is 1020. The molecule has 0 amide bonds. The van der Waals surface area contributed by atoms with Gasteiger partial charge in [0.1, 0.15) is 0 Å². The van der Waals surface area contributed by atoms with E-state index in [1.54, 1.807) is 0 Å². The lowest BCUT2D eigenvalue weighted by Crippen LogP contribution is -2.19. The van der Waals surface area contributed by atoms with Gasteiger partial charge in [0.25, 0.3) is 0 Å². The highest BCUT2D eigenvalue weighted by atomic mass is 16.1. The van der Waals surface area contributed by atoms with E-state index in [2.05, 4.69) is 56.3 Å². The van der Waals surface area contributed by atoms with Gasteiger partial charge in [0.15, 0.2) is 5.78 Å². The molecule has 3 aromatic carbocycles. The maximum Gasteiger partial charge on any atom is 0.193 e. The number of carbonyl (C=O) groups is 1. The van der Waals surface area contributed by atoms with E-state index in [9.17, 15) is 4.79 Å². The maximum atomic E-state index is 13.0. The van der Waals surface area contributed by atoms with Crippen molar-refractivity contribution in [3.05, 3.63) is 94.0 Å². The lowest BCUT2D eigenvalue weighted by atomic mass is 9.78. The van der Waals surface area contributed by atoms with Gasteiger partial charge >= 0.3 is 0 Å². The second kappa shape index (κ2) is 4.45. The van der Waals surface area contributed by atoms with Crippen LogP contribution < -0.4 is 0 Å². The zero-order valence-electron chi connectivity index (χ0n) is 13.9. The van der Waals surface area contributed by atoms with Crippen molar-refractivity contribution in [2.24, 2.45) is 0 Å². The lowest BCUT2D eigenvalue weighted by Gasteiger charge is -2.24. The maximum absolute atomic E-state index is 13.0. The van der Waals surface area contributed by atoms with Gasteiger partial charge in [0.05, 0.1) is 0 Å². The van der Waals surface area contributed by atoms with Crippen molar-refractivity contribution in [3.8, 4) is 11.1 Å². The molecule has 0 aliphatic heterocycles. The number of fused-ring (bicyclic) bond motifs is 5. The molecule has 2 aliphatic rings. The van der Waals surface area contributed by atoms with E-state index in [1.807, 2.05) is 18.2 Å². The number of hydrogen-bond donors (Lipinski definition) is 0. The molecule has 2 aliphatic carbocycles. The molecule has 0 atom stereocenters. The van der Waals surface area contributed by atoms with E-state index < -0.39 is 0 Å². The highest BCUT2D eigenvalue weighted by molar-refractivity contribution is 6.13. The minimum absolute atomic E-state index is 0.0573. The second-order valence-electron chi connectivity index (χ2n) is 7.39. The molecule has 24 heavy (non-hydrogen) atoms. The third-order valence-electron chi connectivity index (χ3n) is 5.69. The van der Waals surface area contributed by atoms with Gasteiger partial charge in [-0.1, -0.05) is 62.4 Å². The fraction of sp³-hybridized carbons (Fsp3) is 0.174. The number of carbonyl (C=O) groups excluding carboxylic acids is 1. The van der Waals surface area contributed by atoms with E-state index in [-0.39, 0.29) is 11.2 Å². The summed E-state index contributed by atoms with van der Waals surface area (Å²) in [6.07, 6.45) is 0.840. The highest BCUT2D eigenvalue weighted by Gasteiger charge is 2.37. The van der Waals surface area contributed by atoms with E-state index in [1.165, 1.54) is 22.3 Å². The van der Waals surface area contributed by atoms with Crippen molar-refractivity contribution < 1.29 is 4.79 Å². The summed E-state index contributed by atoms with van der Waals surface area (Å²) in [6.45, 7) is 4.51. The molecule has 0 saturated carbocycles. The average molecular weight is 310 g/mol. The van der Waals surface area contributed by atoms with Crippen molar-refractivity contribution in [2.45, 2.75) is 25.7 Å². The fourth-order valence-corrected chi connectivity index (χ4v) is 4.40. The monoisotopic (exact) mass is 310 g/mol. The topological polar surface area (TPSA) is 17.1 Å². The van der Waals surface area contributed by atoms with Crippen molar-refractivity contribution in [2.75, 3.05) is 0 Å².